The van der Waals surface area contributed by atoms with Crippen LogP contribution in [0.15, 0.2) is 48.5 Å². The van der Waals surface area contributed by atoms with Crippen molar-refractivity contribution in [2.24, 2.45) is 0 Å². The number of aromatic nitrogens is 2. The van der Waals surface area contributed by atoms with Crippen LogP contribution in [0.1, 0.15) is 15.9 Å². The number of carbonyl (C=O) groups excluding carboxylic acids is 1. The third-order valence-corrected chi connectivity index (χ3v) is 4.25. The molecule has 0 unspecified atom stereocenters. The lowest BCUT2D eigenvalue weighted by molar-refractivity contribution is 0.102. The van der Waals surface area contributed by atoms with Crippen LogP contribution in [-0.2, 0) is 0 Å². The van der Waals surface area contributed by atoms with Gasteiger partial charge in [-0.05, 0) is 36.8 Å². The van der Waals surface area contributed by atoms with Crippen LogP contribution >= 0.6 is 22.9 Å². The number of halogens is 1. The monoisotopic (exact) mass is 329 g/mol. The van der Waals surface area contributed by atoms with Gasteiger partial charge < -0.3 is 0 Å². The molecule has 0 saturated heterocycles. The fourth-order valence-corrected chi connectivity index (χ4v) is 2.92. The highest BCUT2D eigenvalue weighted by Crippen LogP contribution is 2.28. The van der Waals surface area contributed by atoms with Crippen molar-refractivity contribution in [2.45, 2.75) is 6.92 Å². The van der Waals surface area contributed by atoms with Gasteiger partial charge in [-0.1, -0.05) is 47.2 Å². The van der Waals surface area contributed by atoms with E-state index in [0.717, 1.165) is 16.1 Å². The summed E-state index contributed by atoms with van der Waals surface area (Å²) in [7, 11) is 0. The van der Waals surface area contributed by atoms with Gasteiger partial charge in [-0.3, -0.25) is 10.1 Å². The Kier molecular flexibility index (Phi) is 4.18. The molecule has 0 spiro atoms. The maximum Gasteiger partial charge on any atom is 0.257 e. The molecular weight excluding hydrogens is 318 g/mol. The maximum absolute atomic E-state index is 12.1. The van der Waals surface area contributed by atoms with E-state index in [4.69, 9.17) is 11.6 Å². The lowest BCUT2D eigenvalue weighted by Gasteiger charge is -2.01. The molecule has 6 heteroatoms. The Hall–Kier alpha value is -2.24. The number of nitrogens with zero attached hydrogens (tertiary/aromatic N) is 2. The van der Waals surface area contributed by atoms with E-state index in [1.165, 1.54) is 11.3 Å². The normalized spacial score (nSPS) is 10.5. The van der Waals surface area contributed by atoms with Crippen molar-refractivity contribution in [1.29, 1.82) is 0 Å². The number of rotatable bonds is 3. The molecule has 1 N–H and O–H groups in total. The quantitative estimate of drug-likeness (QED) is 0.774. The van der Waals surface area contributed by atoms with E-state index >= 15 is 0 Å². The van der Waals surface area contributed by atoms with Gasteiger partial charge >= 0.3 is 0 Å². The van der Waals surface area contributed by atoms with Crippen molar-refractivity contribution in [2.75, 3.05) is 5.32 Å². The van der Waals surface area contributed by atoms with Crippen LogP contribution in [0.25, 0.3) is 10.6 Å². The predicted molar refractivity (Wildman–Crippen MR) is 89.5 cm³/mol. The molecular formula is C16H12ClN3OS. The number of anilines is 1. The Morgan fingerprint density at radius 3 is 2.55 bits per heavy atom. The first-order chi connectivity index (χ1) is 10.6. The van der Waals surface area contributed by atoms with E-state index in [0.29, 0.717) is 15.7 Å². The standard InChI is InChI=1S/C16H12ClN3OS/c1-10-4-2-3-5-13(10)15-19-20-16(22-15)18-14(21)11-6-8-12(17)9-7-11/h2-9H,1H3,(H,18,20,21). The molecule has 0 radical (unpaired) electrons. The molecule has 0 aliphatic heterocycles. The van der Waals surface area contributed by atoms with Crippen LogP contribution < -0.4 is 5.32 Å². The van der Waals surface area contributed by atoms with Crippen molar-refractivity contribution in [3.05, 3.63) is 64.7 Å². The zero-order valence-corrected chi connectivity index (χ0v) is 13.3. The number of aryl methyl sites for hydroxylation is 1. The highest BCUT2D eigenvalue weighted by Gasteiger charge is 2.12. The van der Waals surface area contributed by atoms with Crippen molar-refractivity contribution < 1.29 is 4.79 Å². The van der Waals surface area contributed by atoms with E-state index in [1.54, 1.807) is 24.3 Å². The first kappa shape index (κ1) is 14.7. The van der Waals surface area contributed by atoms with Gasteiger partial charge in [0.25, 0.3) is 5.91 Å². The summed E-state index contributed by atoms with van der Waals surface area (Å²) in [6.45, 7) is 2.02. The van der Waals surface area contributed by atoms with Gasteiger partial charge in [-0.15, -0.1) is 10.2 Å². The number of nitrogens with one attached hydrogen (secondary N) is 1. The molecule has 3 aromatic rings. The first-order valence-corrected chi connectivity index (χ1v) is 7.79. The minimum absolute atomic E-state index is 0.232. The molecule has 1 heterocycles. The van der Waals surface area contributed by atoms with E-state index in [9.17, 15) is 4.79 Å². The van der Waals surface area contributed by atoms with E-state index in [-0.39, 0.29) is 5.91 Å². The van der Waals surface area contributed by atoms with E-state index < -0.39 is 0 Å². The van der Waals surface area contributed by atoms with Crippen molar-refractivity contribution in [1.82, 2.24) is 10.2 Å². The van der Waals surface area contributed by atoms with Crippen LogP contribution in [-0.4, -0.2) is 16.1 Å². The van der Waals surface area contributed by atoms with Crippen molar-refractivity contribution in [3.63, 3.8) is 0 Å². The van der Waals surface area contributed by atoms with Crippen LogP contribution in [0.3, 0.4) is 0 Å². The highest BCUT2D eigenvalue weighted by atomic mass is 35.5. The first-order valence-electron chi connectivity index (χ1n) is 6.60. The summed E-state index contributed by atoms with van der Waals surface area (Å²) < 4.78 is 0. The van der Waals surface area contributed by atoms with Crippen LogP contribution in [0.5, 0.6) is 0 Å². The zero-order chi connectivity index (χ0) is 15.5. The topological polar surface area (TPSA) is 54.9 Å². The molecule has 0 fully saturated rings. The molecule has 3 rings (SSSR count). The van der Waals surface area contributed by atoms with Gasteiger partial charge in [0.05, 0.1) is 0 Å². The summed E-state index contributed by atoms with van der Waals surface area (Å²) in [5.41, 5.74) is 2.67. The molecule has 4 nitrogen and oxygen atoms in total. The van der Waals surface area contributed by atoms with Gasteiger partial charge in [-0.25, -0.2) is 0 Å². The second kappa shape index (κ2) is 6.25. The number of amides is 1. The van der Waals surface area contributed by atoms with Gasteiger partial charge in [0, 0.05) is 16.1 Å². The molecule has 0 atom stereocenters. The fourth-order valence-electron chi connectivity index (χ4n) is 1.97. The highest BCUT2D eigenvalue weighted by molar-refractivity contribution is 7.18. The molecule has 0 saturated carbocycles. The summed E-state index contributed by atoms with van der Waals surface area (Å²) in [6, 6.07) is 14.6. The van der Waals surface area contributed by atoms with E-state index in [1.807, 2.05) is 31.2 Å². The van der Waals surface area contributed by atoms with Gasteiger partial charge in [0.15, 0.2) is 0 Å². The second-order valence-electron chi connectivity index (χ2n) is 4.69. The summed E-state index contributed by atoms with van der Waals surface area (Å²) in [5, 5.41) is 12.8. The summed E-state index contributed by atoms with van der Waals surface area (Å²) in [4.78, 5) is 12.1. The second-order valence-corrected chi connectivity index (χ2v) is 6.10. The Bertz CT molecular complexity index is 814. The van der Waals surface area contributed by atoms with Crippen LogP contribution in [0, 0.1) is 6.92 Å². The Morgan fingerprint density at radius 2 is 1.82 bits per heavy atom. The molecule has 0 aliphatic rings. The third-order valence-electron chi connectivity index (χ3n) is 3.13. The molecule has 1 amide bonds. The lowest BCUT2D eigenvalue weighted by atomic mass is 10.1. The summed E-state index contributed by atoms with van der Waals surface area (Å²) >= 11 is 7.16. The smallest absolute Gasteiger partial charge is 0.257 e. The van der Waals surface area contributed by atoms with Gasteiger partial charge in [0.2, 0.25) is 5.13 Å². The largest absolute Gasteiger partial charge is 0.296 e. The Labute approximate surface area is 136 Å². The average Bonchev–Trinajstić information content (AvgIpc) is 2.96. The van der Waals surface area contributed by atoms with Gasteiger partial charge in [0.1, 0.15) is 5.01 Å². The molecule has 0 bridgehead atoms. The Balaban J connectivity index is 1.78. The van der Waals surface area contributed by atoms with Crippen molar-refractivity contribution >= 4 is 34.0 Å². The lowest BCUT2D eigenvalue weighted by Crippen LogP contribution is -2.11. The summed E-state index contributed by atoms with van der Waals surface area (Å²) in [6.07, 6.45) is 0. The fraction of sp³-hybridized carbons (Fsp3) is 0.0625. The SMILES string of the molecule is Cc1ccccc1-c1nnc(NC(=O)c2ccc(Cl)cc2)s1. The van der Waals surface area contributed by atoms with Crippen molar-refractivity contribution in [3.8, 4) is 10.6 Å². The maximum atomic E-state index is 12.1. The molecule has 22 heavy (non-hydrogen) atoms. The number of hydrogen-bond donors (Lipinski definition) is 1. The predicted octanol–water partition coefficient (Wildman–Crippen LogP) is 4.42. The van der Waals surface area contributed by atoms with Crippen LogP contribution in [0.2, 0.25) is 5.02 Å². The molecule has 110 valence electrons. The minimum atomic E-state index is -0.232. The van der Waals surface area contributed by atoms with E-state index in [2.05, 4.69) is 15.5 Å². The molecule has 1 aromatic heterocycles. The number of carbonyl (C=O) groups is 1. The number of benzene rings is 2. The van der Waals surface area contributed by atoms with Crippen LogP contribution in [0.4, 0.5) is 5.13 Å². The zero-order valence-electron chi connectivity index (χ0n) is 11.7. The summed E-state index contributed by atoms with van der Waals surface area (Å²) in [5.74, 6) is -0.232. The molecule has 2 aromatic carbocycles. The number of hydrogen-bond acceptors (Lipinski definition) is 4. The average molecular weight is 330 g/mol. The Morgan fingerprint density at radius 1 is 1.09 bits per heavy atom. The minimum Gasteiger partial charge on any atom is -0.296 e. The third kappa shape index (κ3) is 3.16. The van der Waals surface area contributed by atoms with Gasteiger partial charge in [-0.2, -0.15) is 0 Å². The molecule has 0 aliphatic carbocycles.